The highest BCUT2D eigenvalue weighted by molar-refractivity contribution is 5.68. The molecule has 0 aliphatic heterocycles. The number of ether oxygens (including phenoxy) is 1. The average Bonchev–Trinajstić information content (AvgIpc) is 2.21. The predicted molar refractivity (Wildman–Crippen MR) is 52.4 cm³/mol. The molecule has 0 aliphatic rings. The largest absolute Gasteiger partial charge is 0.463 e. The molecule has 0 aromatic rings. The minimum absolute atomic E-state index is 0.132. The Morgan fingerprint density at radius 2 is 1.60 bits per heavy atom. The summed E-state index contributed by atoms with van der Waals surface area (Å²) in [4.78, 5) is 10.6. The smallest absolute Gasteiger partial charge is 0.395 e. The lowest BCUT2D eigenvalue weighted by atomic mass is 10.0. The monoisotopic (exact) mass is 314 g/mol. The van der Waals surface area contributed by atoms with Gasteiger partial charge in [-0.3, -0.25) is 4.79 Å². The third-order valence-electron chi connectivity index (χ3n) is 2.17. The van der Waals surface area contributed by atoms with Crippen LogP contribution in [-0.4, -0.2) is 41.8 Å². The van der Waals surface area contributed by atoms with Gasteiger partial charge >= 0.3 is 24.0 Å². The van der Waals surface area contributed by atoms with Gasteiger partial charge in [0.1, 0.15) is 13.0 Å². The van der Waals surface area contributed by atoms with Crippen molar-refractivity contribution in [2.75, 3.05) is 6.61 Å². The van der Waals surface area contributed by atoms with Crippen LogP contribution in [0.3, 0.4) is 0 Å². The first-order valence-electron chi connectivity index (χ1n) is 5.47. The Labute approximate surface area is 109 Å². The molecule has 0 heterocycles. The molecule has 0 radical (unpaired) electrons. The quantitative estimate of drug-likeness (QED) is 0.580. The predicted octanol–water partition coefficient (Wildman–Crippen LogP) is 2.91. The average molecular weight is 314 g/mol. The number of rotatable bonds is 7. The van der Waals surface area contributed by atoms with E-state index in [0.717, 1.165) is 0 Å². The molecule has 1 unspecified atom stereocenters. The molecule has 10 heteroatoms. The highest BCUT2D eigenvalue weighted by Crippen LogP contribution is 2.44. The van der Waals surface area contributed by atoms with E-state index in [1.165, 1.54) is 6.92 Å². The van der Waals surface area contributed by atoms with Crippen LogP contribution in [-0.2, 0) is 9.53 Å². The normalized spacial score (nSPS) is 15.1. The second kappa shape index (κ2) is 6.59. The summed E-state index contributed by atoms with van der Waals surface area (Å²) in [5.74, 6) is -11.3. The summed E-state index contributed by atoms with van der Waals surface area (Å²) < 4.78 is 91.3. The molecule has 0 fully saturated rings. The molecular formula is C10H13F7O3. The van der Waals surface area contributed by atoms with Gasteiger partial charge < -0.3 is 9.84 Å². The summed E-state index contributed by atoms with van der Waals surface area (Å²) in [5.41, 5.74) is 0. The molecule has 0 bridgehead atoms. The summed E-state index contributed by atoms with van der Waals surface area (Å²) >= 11 is 0. The van der Waals surface area contributed by atoms with Crippen molar-refractivity contribution in [3.63, 3.8) is 0 Å². The van der Waals surface area contributed by atoms with Gasteiger partial charge in [-0.1, -0.05) is 6.92 Å². The van der Waals surface area contributed by atoms with Crippen molar-refractivity contribution < 1.29 is 45.4 Å². The van der Waals surface area contributed by atoms with Crippen molar-refractivity contribution in [2.45, 2.75) is 50.3 Å². The van der Waals surface area contributed by atoms with E-state index in [-0.39, 0.29) is 6.42 Å². The number of hydrogen-bond acceptors (Lipinski definition) is 3. The fraction of sp³-hybridized carbons (Fsp3) is 0.900. The van der Waals surface area contributed by atoms with Gasteiger partial charge in [-0.2, -0.15) is 30.7 Å². The van der Waals surface area contributed by atoms with Crippen molar-refractivity contribution in [2.24, 2.45) is 0 Å². The Bertz CT molecular complexity index is 327. The van der Waals surface area contributed by atoms with Gasteiger partial charge in [-0.15, -0.1) is 0 Å². The molecule has 0 saturated heterocycles. The van der Waals surface area contributed by atoms with Crippen molar-refractivity contribution in [1.29, 1.82) is 0 Å². The topological polar surface area (TPSA) is 46.5 Å². The standard InChI is InChI=1S/C10H13F7O3/c1-2-7(19)20-4-6(18)3-8(11,12)9(13,14)5-10(15,16)17/h6,18H,2-5H2,1H3. The van der Waals surface area contributed by atoms with E-state index in [9.17, 15) is 35.5 Å². The summed E-state index contributed by atoms with van der Waals surface area (Å²) in [5, 5.41) is 9.02. The van der Waals surface area contributed by atoms with E-state index in [0.29, 0.717) is 0 Å². The Kier molecular flexibility index (Phi) is 6.25. The van der Waals surface area contributed by atoms with Gasteiger partial charge in [-0.05, 0) is 0 Å². The molecule has 0 rings (SSSR count). The lowest BCUT2D eigenvalue weighted by molar-refractivity contribution is -0.271. The molecule has 1 N–H and O–H groups in total. The minimum atomic E-state index is -5.48. The van der Waals surface area contributed by atoms with E-state index in [2.05, 4.69) is 4.74 Å². The first-order valence-corrected chi connectivity index (χ1v) is 5.47. The van der Waals surface area contributed by atoms with Crippen LogP contribution in [0.2, 0.25) is 0 Å². The first kappa shape index (κ1) is 18.9. The highest BCUT2D eigenvalue weighted by atomic mass is 19.4. The minimum Gasteiger partial charge on any atom is -0.463 e. The zero-order chi connectivity index (χ0) is 16.2. The fourth-order valence-corrected chi connectivity index (χ4v) is 1.18. The highest BCUT2D eigenvalue weighted by Gasteiger charge is 2.61. The van der Waals surface area contributed by atoms with Crippen LogP contribution < -0.4 is 0 Å². The van der Waals surface area contributed by atoms with Crippen LogP contribution in [0.1, 0.15) is 26.2 Å². The Morgan fingerprint density at radius 1 is 1.10 bits per heavy atom. The number of hydrogen-bond donors (Lipinski definition) is 1. The maximum Gasteiger partial charge on any atom is 0.395 e. The van der Waals surface area contributed by atoms with Crippen LogP contribution in [0.15, 0.2) is 0 Å². The number of halogens is 7. The maximum atomic E-state index is 13.0. The summed E-state index contributed by atoms with van der Waals surface area (Å²) in [6.45, 7) is 0.366. The summed E-state index contributed by atoms with van der Waals surface area (Å²) in [6, 6.07) is 0. The Morgan fingerprint density at radius 3 is 2.00 bits per heavy atom. The number of esters is 1. The molecule has 1 atom stereocenters. The molecule has 0 spiro atoms. The fourth-order valence-electron chi connectivity index (χ4n) is 1.18. The van der Waals surface area contributed by atoms with Crippen LogP contribution in [0.4, 0.5) is 30.7 Å². The number of carbonyl (C=O) groups is 1. The van der Waals surface area contributed by atoms with Crippen LogP contribution >= 0.6 is 0 Å². The zero-order valence-electron chi connectivity index (χ0n) is 10.3. The summed E-state index contributed by atoms with van der Waals surface area (Å²) in [6.07, 6.45) is -12.8. The van der Waals surface area contributed by atoms with Crippen molar-refractivity contribution >= 4 is 5.97 Å². The molecule has 0 saturated carbocycles. The maximum absolute atomic E-state index is 13.0. The SMILES string of the molecule is CCC(=O)OCC(O)CC(F)(F)C(F)(F)CC(F)(F)F. The van der Waals surface area contributed by atoms with Gasteiger partial charge in [0.05, 0.1) is 6.10 Å². The second-order valence-electron chi connectivity index (χ2n) is 4.10. The van der Waals surface area contributed by atoms with Crippen molar-refractivity contribution in [1.82, 2.24) is 0 Å². The molecule has 0 aromatic heterocycles. The third-order valence-corrected chi connectivity index (χ3v) is 2.17. The van der Waals surface area contributed by atoms with E-state index in [4.69, 9.17) is 5.11 Å². The van der Waals surface area contributed by atoms with Gasteiger partial charge in [0.15, 0.2) is 0 Å². The first-order chi connectivity index (χ1) is 8.81. The van der Waals surface area contributed by atoms with E-state index in [1.54, 1.807) is 0 Å². The van der Waals surface area contributed by atoms with Crippen LogP contribution in [0.5, 0.6) is 0 Å². The van der Waals surface area contributed by atoms with Gasteiger partial charge in [0.2, 0.25) is 0 Å². The van der Waals surface area contributed by atoms with E-state index < -0.39 is 49.5 Å². The molecule has 20 heavy (non-hydrogen) atoms. The van der Waals surface area contributed by atoms with Gasteiger partial charge in [-0.25, -0.2) is 0 Å². The Balaban J connectivity index is 4.59. The lowest BCUT2D eigenvalue weighted by Gasteiger charge is -2.28. The molecular weight excluding hydrogens is 301 g/mol. The molecule has 0 aliphatic carbocycles. The second-order valence-corrected chi connectivity index (χ2v) is 4.10. The van der Waals surface area contributed by atoms with Crippen molar-refractivity contribution in [3.05, 3.63) is 0 Å². The third kappa shape index (κ3) is 6.40. The number of alkyl halides is 7. The van der Waals surface area contributed by atoms with E-state index >= 15 is 0 Å². The zero-order valence-corrected chi connectivity index (χ0v) is 10.3. The molecule has 3 nitrogen and oxygen atoms in total. The molecule has 120 valence electrons. The number of aliphatic hydroxyl groups excluding tert-OH is 1. The van der Waals surface area contributed by atoms with Crippen LogP contribution in [0.25, 0.3) is 0 Å². The Hall–Kier alpha value is -1.06. The number of aliphatic hydroxyl groups is 1. The van der Waals surface area contributed by atoms with E-state index in [1.807, 2.05) is 0 Å². The molecule has 0 aromatic carbocycles. The lowest BCUT2D eigenvalue weighted by Crippen LogP contribution is -2.46. The number of carbonyl (C=O) groups excluding carboxylic acids is 1. The van der Waals surface area contributed by atoms with Gasteiger partial charge in [0.25, 0.3) is 0 Å². The van der Waals surface area contributed by atoms with Gasteiger partial charge in [0, 0.05) is 12.8 Å². The van der Waals surface area contributed by atoms with Crippen LogP contribution in [0, 0.1) is 0 Å². The molecule has 0 amide bonds. The van der Waals surface area contributed by atoms with Crippen molar-refractivity contribution in [3.8, 4) is 0 Å². The summed E-state index contributed by atoms with van der Waals surface area (Å²) in [7, 11) is 0.